The molecule has 1 atom stereocenters. The van der Waals surface area contributed by atoms with Crippen molar-refractivity contribution < 1.29 is 18.8 Å². The van der Waals surface area contributed by atoms with Crippen LogP contribution in [0, 0.1) is 11.7 Å². The van der Waals surface area contributed by atoms with Gasteiger partial charge in [-0.25, -0.2) is 9.07 Å². The van der Waals surface area contributed by atoms with Crippen LogP contribution in [0.3, 0.4) is 0 Å². The van der Waals surface area contributed by atoms with Crippen LogP contribution in [-0.2, 0) is 11.3 Å². The van der Waals surface area contributed by atoms with E-state index >= 15 is 0 Å². The van der Waals surface area contributed by atoms with Crippen molar-refractivity contribution in [3.05, 3.63) is 86.9 Å². The molecular weight excluding hydrogens is 615 g/mol. The van der Waals surface area contributed by atoms with E-state index in [1.807, 2.05) is 10.9 Å². The number of allylic oxidation sites excluding steroid dienone is 2. The number of likely N-dealkylation sites (tertiary alicyclic amines) is 1. The summed E-state index contributed by atoms with van der Waals surface area (Å²) in [4.78, 5) is 40.6. The Morgan fingerprint density at radius 3 is 2.56 bits per heavy atom. The molecule has 41 heavy (non-hydrogen) atoms. The predicted octanol–water partition coefficient (Wildman–Crippen LogP) is 5.50. The van der Waals surface area contributed by atoms with Crippen molar-refractivity contribution in [2.75, 3.05) is 18.4 Å². The Kier molecular flexibility index (Phi) is 9.14. The van der Waals surface area contributed by atoms with Crippen molar-refractivity contribution >= 4 is 50.9 Å². The van der Waals surface area contributed by atoms with Gasteiger partial charge in [0.1, 0.15) is 11.5 Å². The first-order chi connectivity index (χ1) is 19.8. The van der Waals surface area contributed by atoms with E-state index in [9.17, 15) is 18.8 Å². The molecule has 1 aliphatic carbocycles. The number of aromatic nitrogens is 3. The van der Waals surface area contributed by atoms with Gasteiger partial charge in [0.15, 0.2) is 0 Å². The number of hydrogen-bond donors (Lipinski definition) is 2. The molecule has 3 amide bonds. The molecule has 2 aromatic carbocycles. The number of carbonyl (C=O) groups excluding carboxylic acids is 3. The fourth-order valence-electron chi connectivity index (χ4n) is 5.07. The van der Waals surface area contributed by atoms with E-state index in [1.165, 1.54) is 30.3 Å². The molecule has 9 nitrogen and oxygen atoms in total. The summed E-state index contributed by atoms with van der Waals surface area (Å²) < 4.78 is 16.2. The zero-order valence-electron chi connectivity index (χ0n) is 22.2. The summed E-state index contributed by atoms with van der Waals surface area (Å²) in [5.74, 6) is -1.52. The molecule has 12 heteroatoms. The second-order valence-corrected chi connectivity index (χ2v) is 11.5. The van der Waals surface area contributed by atoms with Crippen LogP contribution in [0.5, 0.6) is 0 Å². The molecule has 1 aromatic heterocycles. The first kappa shape index (κ1) is 28.9. The Bertz CT molecular complexity index is 1470. The SMILES string of the molecule is O=C(Nc1cc(Cl)ccc1C(=O)N1CCC(C(=O)NCc2cn(C3CCCC=C3Br)nn2)CC1)c1ccc(F)cc1. The van der Waals surface area contributed by atoms with E-state index in [2.05, 4.69) is 43.0 Å². The second-order valence-electron chi connectivity index (χ2n) is 10.2. The van der Waals surface area contributed by atoms with Crippen LogP contribution in [0.4, 0.5) is 10.1 Å². The third-order valence-corrected chi connectivity index (χ3v) is 8.47. The average Bonchev–Trinajstić information content (AvgIpc) is 3.45. The molecule has 0 bridgehead atoms. The number of nitrogens with one attached hydrogen (secondary N) is 2. The number of halogens is 3. The lowest BCUT2D eigenvalue weighted by Crippen LogP contribution is -2.43. The fourth-order valence-corrected chi connectivity index (χ4v) is 5.91. The number of benzene rings is 2. The van der Waals surface area contributed by atoms with Crippen LogP contribution in [0.2, 0.25) is 5.02 Å². The van der Waals surface area contributed by atoms with Crippen LogP contribution < -0.4 is 10.6 Å². The van der Waals surface area contributed by atoms with Gasteiger partial charge < -0.3 is 15.5 Å². The van der Waals surface area contributed by atoms with E-state index < -0.39 is 11.7 Å². The molecule has 1 unspecified atom stereocenters. The molecular formula is C29H29BrClFN6O3. The number of rotatable bonds is 7. The fraction of sp³-hybridized carbons (Fsp3) is 0.345. The number of amides is 3. The molecule has 2 N–H and O–H groups in total. The number of hydrogen-bond acceptors (Lipinski definition) is 5. The summed E-state index contributed by atoms with van der Waals surface area (Å²) in [5.41, 5.74) is 1.49. The van der Waals surface area contributed by atoms with Gasteiger partial charge in [-0.1, -0.05) is 38.8 Å². The lowest BCUT2D eigenvalue weighted by molar-refractivity contribution is -0.126. The quantitative estimate of drug-likeness (QED) is 0.354. The Morgan fingerprint density at radius 2 is 1.83 bits per heavy atom. The highest BCUT2D eigenvalue weighted by Gasteiger charge is 2.29. The largest absolute Gasteiger partial charge is 0.350 e. The van der Waals surface area contributed by atoms with E-state index in [-0.39, 0.29) is 47.1 Å². The molecule has 2 aliphatic rings. The van der Waals surface area contributed by atoms with E-state index in [4.69, 9.17) is 11.6 Å². The van der Waals surface area contributed by atoms with Crippen molar-refractivity contribution in [2.45, 2.75) is 44.7 Å². The molecule has 5 rings (SSSR count). The van der Waals surface area contributed by atoms with Gasteiger partial charge in [-0.2, -0.15) is 0 Å². The minimum absolute atomic E-state index is 0.0795. The van der Waals surface area contributed by atoms with E-state index in [1.54, 1.807) is 17.0 Å². The molecule has 3 aromatic rings. The highest BCUT2D eigenvalue weighted by molar-refractivity contribution is 9.11. The Morgan fingerprint density at radius 1 is 1.07 bits per heavy atom. The van der Waals surface area contributed by atoms with E-state index in [0.29, 0.717) is 36.6 Å². The summed E-state index contributed by atoms with van der Waals surface area (Å²) in [7, 11) is 0. The third-order valence-electron chi connectivity index (χ3n) is 7.38. The van der Waals surface area contributed by atoms with Crippen LogP contribution in [0.15, 0.2) is 59.2 Å². The van der Waals surface area contributed by atoms with Gasteiger partial charge in [-0.15, -0.1) is 5.10 Å². The minimum atomic E-state index is -0.487. The predicted molar refractivity (Wildman–Crippen MR) is 156 cm³/mol. The number of carbonyl (C=O) groups is 3. The van der Waals surface area contributed by atoms with Crippen molar-refractivity contribution in [1.82, 2.24) is 25.2 Å². The first-order valence-corrected chi connectivity index (χ1v) is 14.7. The third kappa shape index (κ3) is 7.02. The molecule has 2 heterocycles. The van der Waals surface area contributed by atoms with Gasteiger partial charge in [-0.05, 0) is 74.6 Å². The highest BCUT2D eigenvalue weighted by atomic mass is 79.9. The van der Waals surface area contributed by atoms with Crippen molar-refractivity contribution in [1.29, 1.82) is 0 Å². The monoisotopic (exact) mass is 642 g/mol. The lowest BCUT2D eigenvalue weighted by Gasteiger charge is -2.31. The van der Waals surface area contributed by atoms with Crippen molar-refractivity contribution in [3.8, 4) is 0 Å². The lowest BCUT2D eigenvalue weighted by atomic mass is 9.95. The van der Waals surface area contributed by atoms with Gasteiger partial charge in [-0.3, -0.25) is 14.4 Å². The maximum Gasteiger partial charge on any atom is 0.255 e. The second kappa shape index (κ2) is 12.9. The Labute approximate surface area is 250 Å². The normalized spacial score (nSPS) is 17.6. The van der Waals surface area contributed by atoms with Gasteiger partial charge in [0.2, 0.25) is 5.91 Å². The molecule has 214 valence electrons. The summed E-state index contributed by atoms with van der Waals surface area (Å²) in [6.45, 7) is 1.07. The zero-order valence-corrected chi connectivity index (χ0v) is 24.5. The van der Waals surface area contributed by atoms with Crippen molar-refractivity contribution in [2.24, 2.45) is 5.92 Å². The van der Waals surface area contributed by atoms with Gasteiger partial charge in [0.25, 0.3) is 11.8 Å². The maximum absolute atomic E-state index is 13.4. The summed E-state index contributed by atoms with van der Waals surface area (Å²) in [6, 6.07) is 9.91. The number of anilines is 1. The highest BCUT2D eigenvalue weighted by Crippen LogP contribution is 2.32. The Balaban J connectivity index is 1.15. The van der Waals surface area contributed by atoms with Gasteiger partial charge in [0, 0.05) is 34.1 Å². The minimum Gasteiger partial charge on any atom is -0.350 e. The molecule has 1 saturated heterocycles. The van der Waals surface area contributed by atoms with Crippen LogP contribution >= 0.6 is 27.5 Å². The summed E-state index contributed by atoms with van der Waals surface area (Å²) in [6.07, 6.45) is 8.17. The average molecular weight is 644 g/mol. The molecule has 1 aliphatic heterocycles. The van der Waals surface area contributed by atoms with Crippen LogP contribution in [0.1, 0.15) is 64.6 Å². The number of piperidine rings is 1. The zero-order chi connectivity index (χ0) is 28.9. The molecule has 0 radical (unpaired) electrons. The van der Waals surface area contributed by atoms with Crippen LogP contribution in [0.25, 0.3) is 0 Å². The molecule has 0 saturated carbocycles. The maximum atomic E-state index is 13.4. The van der Waals surface area contributed by atoms with Gasteiger partial charge >= 0.3 is 0 Å². The topological polar surface area (TPSA) is 109 Å². The Hall–Kier alpha value is -3.57. The standard InChI is InChI=1S/C29H29BrClFN6O3/c30-24-3-1-2-4-26(24)38-17-22(35-36-38)16-33-27(39)19-11-13-37(14-12-19)29(41)23-10-7-20(31)15-25(23)34-28(40)18-5-8-21(32)9-6-18/h3,5-10,15,17,19,26H,1-2,4,11-14,16H2,(H,33,39)(H,34,40). The smallest absolute Gasteiger partial charge is 0.255 e. The van der Waals surface area contributed by atoms with Crippen LogP contribution in [-0.4, -0.2) is 50.7 Å². The molecule has 1 fully saturated rings. The van der Waals surface area contributed by atoms with Gasteiger partial charge in [0.05, 0.1) is 30.0 Å². The molecule has 0 spiro atoms. The summed E-state index contributed by atoms with van der Waals surface area (Å²) >= 11 is 9.76. The summed E-state index contributed by atoms with van der Waals surface area (Å²) in [5, 5.41) is 14.5. The van der Waals surface area contributed by atoms with E-state index in [0.717, 1.165) is 23.7 Å². The number of nitrogens with zero attached hydrogens (tertiary/aromatic N) is 4. The van der Waals surface area contributed by atoms with Crippen molar-refractivity contribution in [3.63, 3.8) is 0 Å². The first-order valence-electron chi connectivity index (χ1n) is 13.5.